The highest BCUT2D eigenvalue weighted by atomic mass is 15.3. The van der Waals surface area contributed by atoms with Gasteiger partial charge in [-0.15, -0.1) is 0 Å². The van der Waals surface area contributed by atoms with Crippen LogP contribution in [0.1, 0.15) is 13.8 Å². The molecule has 84 valence electrons. The second kappa shape index (κ2) is 6.46. The van der Waals surface area contributed by atoms with Crippen LogP contribution in [-0.2, 0) is 0 Å². The van der Waals surface area contributed by atoms with E-state index in [1.807, 2.05) is 19.1 Å². The van der Waals surface area contributed by atoms with Crippen molar-refractivity contribution in [1.29, 1.82) is 0 Å². The Morgan fingerprint density at radius 1 is 1.27 bits per heavy atom. The first-order valence-corrected chi connectivity index (χ1v) is 5.74. The number of allylic oxidation sites excluding steroid dienone is 4. The van der Waals surface area contributed by atoms with Crippen LogP contribution in [0.2, 0.25) is 0 Å². The molecule has 1 aliphatic heterocycles. The second-order valence-electron chi connectivity index (χ2n) is 3.74. The van der Waals surface area contributed by atoms with E-state index in [1.54, 1.807) is 0 Å². The fourth-order valence-electron chi connectivity index (χ4n) is 1.82. The Morgan fingerprint density at radius 2 is 1.93 bits per heavy atom. The summed E-state index contributed by atoms with van der Waals surface area (Å²) < 4.78 is 0. The van der Waals surface area contributed by atoms with Gasteiger partial charge in [0.1, 0.15) is 0 Å². The van der Waals surface area contributed by atoms with Crippen LogP contribution in [0.25, 0.3) is 0 Å². The number of likely N-dealkylation sites (N-methyl/N-ethyl adjacent to an activating group) is 1. The zero-order valence-electron chi connectivity index (χ0n) is 9.95. The maximum atomic E-state index is 3.87. The minimum absolute atomic E-state index is 1.11. The smallest absolute Gasteiger partial charge is 0.0361 e. The van der Waals surface area contributed by atoms with E-state index in [4.69, 9.17) is 0 Å². The van der Waals surface area contributed by atoms with E-state index in [0.29, 0.717) is 0 Å². The van der Waals surface area contributed by atoms with Crippen molar-refractivity contribution in [2.24, 2.45) is 0 Å². The van der Waals surface area contributed by atoms with Gasteiger partial charge in [-0.25, -0.2) is 0 Å². The third-order valence-electron chi connectivity index (χ3n) is 2.85. The van der Waals surface area contributed by atoms with Gasteiger partial charge in [0.2, 0.25) is 0 Å². The lowest BCUT2D eigenvalue weighted by molar-refractivity contribution is 0.168. The van der Waals surface area contributed by atoms with E-state index in [2.05, 4.69) is 35.5 Å². The fourth-order valence-corrected chi connectivity index (χ4v) is 1.82. The Hall–Kier alpha value is -1.02. The Kier molecular flexibility index (Phi) is 5.19. The van der Waals surface area contributed by atoms with E-state index < -0.39 is 0 Å². The molecule has 1 saturated heterocycles. The number of hydrogen-bond donors (Lipinski definition) is 0. The highest BCUT2D eigenvalue weighted by Crippen LogP contribution is 2.10. The van der Waals surface area contributed by atoms with Crippen LogP contribution in [0.15, 0.2) is 36.6 Å². The van der Waals surface area contributed by atoms with Crippen molar-refractivity contribution in [2.75, 3.05) is 32.7 Å². The molecule has 1 rings (SSSR count). The molecule has 0 saturated carbocycles. The number of nitrogens with zero attached hydrogens (tertiary/aromatic N) is 2. The summed E-state index contributed by atoms with van der Waals surface area (Å²) in [5.41, 5.74) is 1.24. The van der Waals surface area contributed by atoms with E-state index in [-0.39, 0.29) is 0 Å². The van der Waals surface area contributed by atoms with Gasteiger partial charge in [0, 0.05) is 31.9 Å². The summed E-state index contributed by atoms with van der Waals surface area (Å²) in [7, 11) is 0. The lowest BCUT2D eigenvalue weighted by atomic mass is 10.2. The summed E-state index contributed by atoms with van der Waals surface area (Å²) in [5.74, 6) is 0. The van der Waals surface area contributed by atoms with Crippen LogP contribution < -0.4 is 0 Å². The highest BCUT2D eigenvalue weighted by molar-refractivity contribution is 5.21. The van der Waals surface area contributed by atoms with Crippen molar-refractivity contribution in [1.82, 2.24) is 9.80 Å². The van der Waals surface area contributed by atoms with Crippen molar-refractivity contribution in [2.45, 2.75) is 13.8 Å². The maximum Gasteiger partial charge on any atom is 0.0361 e. The largest absolute Gasteiger partial charge is 0.369 e. The van der Waals surface area contributed by atoms with Crippen LogP contribution >= 0.6 is 0 Å². The van der Waals surface area contributed by atoms with Gasteiger partial charge in [0.05, 0.1) is 0 Å². The molecule has 0 aromatic rings. The molecule has 2 heteroatoms. The van der Waals surface area contributed by atoms with Crippen molar-refractivity contribution in [3.05, 3.63) is 36.6 Å². The Labute approximate surface area is 93.6 Å². The Bertz CT molecular complexity index is 245. The quantitative estimate of drug-likeness (QED) is 0.651. The molecule has 2 nitrogen and oxygen atoms in total. The van der Waals surface area contributed by atoms with Crippen LogP contribution in [-0.4, -0.2) is 42.5 Å². The van der Waals surface area contributed by atoms with Gasteiger partial charge in [0.25, 0.3) is 0 Å². The van der Waals surface area contributed by atoms with Gasteiger partial charge in [-0.05, 0) is 25.6 Å². The molecule has 0 N–H and O–H groups in total. The molecule has 0 unspecified atom stereocenters. The normalized spacial score (nSPS) is 19.9. The van der Waals surface area contributed by atoms with Crippen molar-refractivity contribution >= 4 is 0 Å². The first-order chi connectivity index (χ1) is 7.31. The zero-order valence-corrected chi connectivity index (χ0v) is 9.95. The van der Waals surface area contributed by atoms with E-state index >= 15 is 0 Å². The zero-order chi connectivity index (χ0) is 11.1. The Balaban J connectivity index is 2.53. The van der Waals surface area contributed by atoms with E-state index in [9.17, 15) is 0 Å². The molecule has 0 spiro atoms. The van der Waals surface area contributed by atoms with Gasteiger partial charge >= 0.3 is 0 Å². The number of hydrogen-bond acceptors (Lipinski definition) is 2. The second-order valence-corrected chi connectivity index (χ2v) is 3.74. The van der Waals surface area contributed by atoms with E-state index in [1.165, 1.54) is 5.70 Å². The van der Waals surface area contributed by atoms with Gasteiger partial charge < -0.3 is 9.80 Å². The first kappa shape index (κ1) is 12.1. The standard InChI is InChI=1S/C13H22N2/c1-4-7-8-13(5-2)15-11-9-14(6-3)10-12-15/h4-5,7-8H,2,6,9-12H2,1,3H3/b7-4-,13-8+. The minimum Gasteiger partial charge on any atom is -0.369 e. The lowest BCUT2D eigenvalue weighted by Gasteiger charge is -2.36. The summed E-state index contributed by atoms with van der Waals surface area (Å²) in [6.07, 6.45) is 8.20. The molecule has 0 radical (unpaired) electrons. The van der Waals surface area contributed by atoms with Crippen LogP contribution in [0.3, 0.4) is 0 Å². The van der Waals surface area contributed by atoms with Gasteiger partial charge in [-0.3, -0.25) is 0 Å². The minimum atomic E-state index is 1.11. The molecule has 0 aliphatic carbocycles. The summed E-state index contributed by atoms with van der Waals surface area (Å²) in [6, 6.07) is 0. The SMILES string of the molecule is C=C/C(=C\C=C/C)N1CCN(CC)CC1. The number of rotatable bonds is 4. The molecular weight excluding hydrogens is 184 g/mol. The predicted molar refractivity (Wildman–Crippen MR) is 66.8 cm³/mol. The average Bonchev–Trinajstić information content (AvgIpc) is 2.31. The summed E-state index contributed by atoms with van der Waals surface area (Å²) >= 11 is 0. The maximum absolute atomic E-state index is 3.87. The van der Waals surface area contributed by atoms with Gasteiger partial charge in [-0.2, -0.15) is 0 Å². The van der Waals surface area contributed by atoms with Crippen LogP contribution in [0.4, 0.5) is 0 Å². The third kappa shape index (κ3) is 3.56. The lowest BCUT2D eigenvalue weighted by Crippen LogP contribution is -2.45. The molecule has 15 heavy (non-hydrogen) atoms. The van der Waals surface area contributed by atoms with Crippen molar-refractivity contribution in [3.8, 4) is 0 Å². The molecule has 0 aromatic carbocycles. The van der Waals surface area contributed by atoms with Crippen LogP contribution in [0.5, 0.6) is 0 Å². The predicted octanol–water partition coefficient (Wildman–Crippen LogP) is 2.27. The van der Waals surface area contributed by atoms with Crippen LogP contribution in [0, 0.1) is 0 Å². The molecule has 1 fully saturated rings. The van der Waals surface area contributed by atoms with Gasteiger partial charge in [-0.1, -0.05) is 25.7 Å². The summed E-state index contributed by atoms with van der Waals surface area (Å²) in [6.45, 7) is 13.8. The average molecular weight is 206 g/mol. The first-order valence-electron chi connectivity index (χ1n) is 5.74. The highest BCUT2D eigenvalue weighted by Gasteiger charge is 2.15. The summed E-state index contributed by atoms with van der Waals surface area (Å²) in [4.78, 5) is 4.88. The topological polar surface area (TPSA) is 6.48 Å². The third-order valence-corrected chi connectivity index (χ3v) is 2.85. The molecule has 0 atom stereocenters. The molecule has 0 amide bonds. The molecular formula is C13H22N2. The Morgan fingerprint density at radius 3 is 2.40 bits per heavy atom. The van der Waals surface area contributed by atoms with E-state index in [0.717, 1.165) is 32.7 Å². The van der Waals surface area contributed by atoms with Crippen molar-refractivity contribution in [3.63, 3.8) is 0 Å². The summed E-state index contributed by atoms with van der Waals surface area (Å²) in [5, 5.41) is 0. The molecule has 1 aliphatic rings. The van der Waals surface area contributed by atoms with Crippen molar-refractivity contribution < 1.29 is 0 Å². The van der Waals surface area contributed by atoms with Gasteiger partial charge in [0.15, 0.2) is 0 Å². The molecule has 0 aromatic heterocycles. The molecule has 0 bridgehead atoms. The fraction of sp³-hybridized carbons (Fsp3) is 0.538. The number of piperazine rings is 1. The monoisotopic (exact) mass is 206 g/mol. The molecule has 1 heterocycles.